The second-order valence-electron chi connectivity index (χ2n) is 5.81. The number of hydrogen-bond donors (Lipinski definition) is 1. The average Bonchev–Trinajstić information content (AvgIpc) is 2.64. The van der Waals surface area contributed by atoms with Crippen molar-refractivity contribution in [2.75, 3.05) is 20.8 Å². The molecule has 0 aliphatic heterocycles. The van der Waals surface area contributed by atoms with Gasteiger partial charge in [0.25, 0.3) is 0 Å². The molecule has 1 N–H and O–H groups in total. The van der Waals surface area contributed by atoms with Crippen molar-refractivity contribution in [3.63, 3.8) is 0 Å². The van der Waals surface area contributed by atoms with Gasteiger partial charge in [-0.3, -0.25) is 4.79 Å². The number of aryl methyl sites for hydroxylation is 1. The molecule has 0 saturated heterocycles. The highest BCUT2D eigenvalue weighted by Crippen LogP contribution is 2.27. The number of carbonyl (C=O) groups excluding carboxylic acids is 1. The highest BCUT2D eigenvalue weighted by Gasteiger charge is 2.09. The molecule has 0 radical (unpaired) electrons. The molecule has 0 bridgehead atoms. The first-order chi connectivity index (χ1) is 11.6. The third-order valence-electron chi connectivity index (χ3n) is 4.06. The lowest BCUT2D eigenvalue weighted by atomic mass is 10.0. The van der Waals surface area contributed by atoms with Crippen molar-refractivity contribution in [1.82, 2.24) is 5.32 Å². The molecule has 128 valence electrons. The van der Waals surface area contributed by atoms with Crippen molar-refractivity contribution in [2.24, 2.45) is 0 Å². The average molecular weight is 327 g/mol. The molecule has 0 spiro atoms. The van der Waals surface area contributed by atoms with Gasteiger partial charge in [-0.2, -0.15) is 0 Å². The first-order valence-electron chi connectivity index (χ1n) is 8.16. The van der Waals surface area contributed by atoms with Crippen LogP contribution >= 0.6 is 0 Å². The fourth-order valence-electron chi connectivity index (χ4n) is 2.55. The molecular weight excluding hydrogens is 302 g/mol. The molecule has 0 heterocycles. The van der Waals surface area contributed by atoms with E-state index in [0.717, 1.165) is 5.56 Å². The van der Waals surface area contributed by atoms with Crippen LogP contribution in [0.15, 0.2) is 48.5 Å². The van der Waals surface area contributed by atoms with Crippen LogP contribution < -0.4 is 14.8 Å². The van der Waals surface area contributed by atoms with Crippen molar-refractivity contribution >= 4 is 5.91 Å². The fourth-order valence-corrected chi connectivity index (χ4v) is 2.55. The number of nitrogens with one attached hydrogen (secondary N) is 1. The summed E-state index contributed by atoms with van der Waals surface area (Å²) in [6.07, 6.45) is 1.13. The van der Waals surface area contributed by atoms with E-state index in [0.29, 0.717) is 36.8 Å². The maximum absolute atomic E-state index is 12.1. The SMILES string of the molecule is COc1ccc(CCC(=O)NC[C@@H](C)c2ccccc2)cc1OC. The number of ether oxygens (including phenoxy) is 2. The molecule has 1 atom stereocenters. The Bertz CT molecular complexity index is 655. The Kier molecular flexibility index (Phi) is 6.67. The summed E-state index contributed by atoms with van der Waals surface area (Å²) in [4.78, 5) is 12.1. The van der Waals surface area contributed by atoms with Crippen LogP contribution in [0.4, 0.5) is 0 Å². The molecular formula is C20H25NO3. The molecule has 0 aliphatic rings. The second-order valence-corrected chi connectivity index (χ2v) is 5.81. The van der Waals surface area contributed by atoms with Crippen molar-refractivity contribution in [2.45, 2.75) is 25.7 Å². The molecule has 24 heavy (non-hydrogen) atoms. The molecule has 4 heteroatoms. The summed E-state index contributed by atoms with van der Waals surface area (Å²) < 4.78 is 10.5. The van der Waals surface area contributed by atoms with E-state index in [-0.39, 0.29) is 5.91 Å². The third-order valence-corrected chi connectivity index (χ3v) is 4.06. The van der Waals surface area contributed by atoms with Crippen molar-refractivity contribution in [3.8, 4) is 11.5 Å². The Morgan fingerprint density at radius 2 is 1.75 bits per heavy atom. The Morgan fingerprint density at radius 1 is 1.04 bits per heavy atom. The number of methoxy groups -OCH3 is 2. The molecule has 0 saturated carbocycles. The molecule has 4 nitrogen and oxygen atoms in total. The topological polar surface area (TPSA) is 47.6 Å². The zero-order valence-electron chi connectivity index (χ0n) is 14.5. The van der Waals surface area contributed by atoms with Crippen molar-refractivity contribution in [1.29, 1.82) is 0 Å². The lowest BCUT2D eigenvalue weighted by molar-refractivity contribution is -0.121. The molecule has 0 fully saturated rings. The molecule has 2 aromatic carbocycles. The standard InChI is InChI=1S/C20H25NO3/c1-15(17-7-5-4-6-8-17)14-21-20(22)12-10-16-9-11-18(23-2)19(13-16)24-3/h4-9,11,13,15H,10,12,14H2,1-3H3,(H,21,22)/t15-/m1/s1. The summed E-state index contributed by atoms with van der Waals surface area (Å²) in [6, 6.07) is 15.9. The highest BCUT2D eigenvalue weighted by molar-refractivity contribution is 5.76. The minimum atomic E-state index is 0.0626. The van der Waals surface area contributed by atoms with Gasteiger partial charge in [-0.25, -0.2) is 0 Å². The van der Waals surface area contributed by atoms with Gasteiger partial charge in [-0.05, 0) is 35.6 Å². The van der Waals surface area contributed by atoms with Crippen LogP contribution in [0.3, 0.4) is 0 Å². The number of rotatable bonds is 8. The normalized spacial score (nSPS) is 11.6. The Hall–Kier alpha value is -2.49. The summed E-state index contributed by atoms with van der Waals surface area (Å²) >= 11 is 0. The zero-order valence-corrected chi connectivity index (χ0v) is 14.5. The van der Waals surface area contributed by atoms with Gasteiger partial charge in [0, 0.05) is 13.0 Å². The quantitative estimate of drug-likeness (QED) is 0.806. The largest absolute Gasteiger partial charge is 0.493 e. The Labute approximate surface area is 143 Å². The number of amides is 1. The summed E-state index contributed by atoms with van der Waals surface area (Å²) in [7, 11) is 3.22. The molecule has 2 aromatic rings. The summed E-state index contributed by atoms with van der Waals surface area (Å²) in [5.74, 6) is 1.75. The molecule has 1 amide bonds. The predicted molar refractivity (Wildman–Crippen MR) is 95.7 cm³/mol. The molecule has 2 rings (SSSR count). The smallest absolute Gasteiger partial charge is 0.220 e. The van der Waals surface area contributed by atoms with Crippen molar-refractivity contribution in [3.05, 3.63) is 59.7 Å². The van der Waals surface area contributed by atoms with Gasteiger partial charge in [0.05, 0.1) is 14.2 Å². The first-order valence-corrected chi connectivity index (χ1v) is 8.16. The van der Waals surface area contributed by atoms with Gasteiger partial charge < -0.3 is 14.8 Å². The second kappa shape index (κ2) is 8.96. The Morgan fingerprint density at radius 3 is 2.42 bits per heavy atom. The summed E-state index contributed by atoms with van der Waals surface area (Å²) in [5.41, 5.74) is 2.29. The zero-order chi connectivity index (χ0) is 17.4. The Balaban J connectivity index is 1.81. The highest BCUT2D eigenvalue weighted by atomic mass is 16.5. The predicted octanol–water partition coefficient (Wildman–Crippen LogP) is 3.56. The van der Waals surface area contributed by atoms with E-state index >= 15 is 0 Å². The maximum atomic E-state index is 12.1. The van der Waals surface area contributed by atoms with Gasteiger partial charge >= 0.3 is 0 Å². The van der Waals surface area contributed by atoms with Crippen LogP contribution in [0, 0.1) is 0 Å². The maximum Gasteiger partial charge on any atom is 0.220 e. The van der Waals surface area contributed by atoms with Crippen LogP contribution in [0.1, 0.15) is 30.4 Å². The van der Waals surface area contributed by atoms with Gasteiger partial charge in [0.15, 0.2) is 11.5 Å². The minimum Gasteiger partial charge on any atom is -0.493 e. The molecule has 0 aromatic heterocycles. The van der Waals surface area contributed by atoms with Crippen molar-refractivity contribution < 1.29 is 14.3 Å². The van der Waals surface area contributed by atoms with E-state index in [1.165, 1.54) is 5.56 Å². The lowest BCUT2D eigenvalue weighted by Crippen LogP contribution is -2.27. The van der Waals surface area contributed by atoms with E-state index in [1.54, 1.807) is 14.2 Å². The van der Waals surface area contributed by atoms with Gasteiger partial charge in [-0.1, -0.05) is 43.3 Å². The minimum absolute atomic E-state index is 0.0626. The van der Waals surface area contributed by atoms with E-state index < -0.39 is 0 Å². The van der Waals surface area contributed by atoms with Crippen LogP contribution in [0.2, 0.25) is 0 Å². The van der Waals surface area contributed by atoms with Crippen LogP contribution in [-0.2, 0) is 11.2 Å². The first kappa shape index (κ1) is 17.9. The lowest BCUT2D eigenvalue weighted by Gasteiger charge is -2.13. The van der Waals surface area contributed by atoms with Gasteiger partial charge in [-0.15, -0.1) is 0 Å². The summed E-state index contributed by atoms with van der Waals surface area (Å²) in [6.45, 7) is 2.76. The number of hydrogen-bond acceptors (Lipinski definition) is 3. The monoisotopic (exact) mass is 327 g/mol. The summed E-state index contributed by atoms with van der Waals surface area (Å²) in [5, 5.41) is 3.01. The van der Waals surface area contributed by atoms with E-state index in [2.05, 4.69) is 24.4 Å². The van der Waals surface area contributed by atoms with Crippen LogP contribution in [-0.4, -0.2) is 26.7 Å². The molecule has 0 unspecified atom stereocenters. The van der Waals surface area contributed by atoms with Crippen LogP contribution in [0.25, 0.3) is 0 Å². The van der Waals surface area contributed by atoms with E-state index in [1.807, 2.05) is 36.4 Å². The van der Waals surface area contributed by atoms with Crippen LogP contribution in [0.5, 0.6) is 11.5 Å². The number of benzene rings is 2. The van der Waals surface area contributed by atoms with Gasteiger partial charge in [0.2, 0.25) is 5.91 Å². The fraction of sp³-hybridized carbons (Fsp3) is 0.350. The molecule has 0 aliphatic carbocycles. The van der Waals surface area contributed by atoms with Gasteiger partial charge in [0.1, 0.15) is 0 Å². The van der Waals surface area contributed by atoms with E-state index in [4.69, 9.17) is 9.47 Å². The number of carbonyl (C=O) groups is 1. The van der Waals surface area contributed by atoms with E-state index in [9.17, 15) is 4.79 Å². The third kappa shape index (κ3) is 5.01.